The molecule has 0 N–H and O–H groups in total. The summed E-state index contributed by atoms with van der Waals surface area (Å²) < 4.78 is 5.08. The van der Waals surface area contributed by atoms with Crippen molar-refractivity contribution in [2.75, 3.05) is 0 Å². The molecule has 0 bridgehead atoms. The summed E-state index contributed by atoms with van der Waals surface area (Å²) in [5.74, 6) is 0.651. The zero-order valence-corrected chi connectivity index (χ0v) is 27.5. The Kier molecular flexibility index (Phi) is 5.80. The number of nitrogens with zero attached hydrogens (tertiary/aromatic N) is 4. The maximum absolute atomic E-state index is 5.25. The lowest BCUT2D eigenvalue weighted by Crippen LogP contribution is -1.99. The highest BCUT2D eigenvalue weighted by Gasteiger charge is 2.22. The van der Waals surface area contributed by atoms with Gasteiger partial charge in [-0.15, -0.1) is 11.3 Å². The van der Waals surface area contributed by atoms with Crippen LogP contribution in [0.3, 0.4) is 0 Å². The largest absolute Gasteiger partial charge is 0.309 e. The molecule has 0 radical (unpaired) electrons. The van der Waals surface area contributed by atoms with E-state index in [0.717, 1.165) is 27.9 Å². The average molecular weight is 655 g/mol. The van der Waals surface area contributed by atoms with Gasteiger partial charge < -0.3 is 4.57 Å². The zero-order valence-electron chi connectivity index (χ0n) is 26.7. The van der Waals surface area contributed by atoms with Crippen LogP contribution in [-0.4, -0.2) is 19.5 Å². The summed E-state index contributed by atoms with van der Waals surface area (Å²) in [6, 6.07) is 54.1. The molecule has 0 atom stereocenters. The summed E-state index contributed by atoms with van der Waals surface area (Å²) in [4.78, 5) is 15.0. The van der Waals surface area contributed by atoms with Crippen molar-refractivity contribution in [2.24, 2.45) is 0 Å². The molecule has 0 aliphatic heterocycles. The fourth-order valence-electron chi connectivity index (χ4n) is 7.82. The van der Waals surface area contributed by atoms with Crippen molar-refractivity contribution in [3.8, 4) is 28.3 Å². The molecule has 11 rings (SSSR count). The Balaban J connectivity index is 1.20. The molecule has 4 heterocycles. The van der Waals surface area contributed by atoms with Gasteiger partial charge in [-0.25, -0.2) is 15.0 Å². The molecule has 0 aliphatic rings. The van der Waals surface area contributed by atoms with Gasteiger partial charge in [0.1, 0.15) is 0 Å². The van der Waals surface area contributed by atoms with Gasteiger partial charge in [-0.2, -0.15) is 0 Å². The van der Waals surface area contributed by atoms with Crippen LogP contribution in [0.5, 0.6) is 0 Å². The summed E-state index contributed by atoms with van der Waals surface area (Å²) in [6.07, 6.45) is 1.80. The van der Waals surface area contributed by atoms with E-state index in [1.165, 1.54) is 63.5 Å². The van der Waals surface area contributed by atoms with Crippen molar-refractivity contribution in [3.05, 3.63) is 158 Å². The molecule has 7 aromatic carbocycles. The molecule has 4 aromatic heterocycles. The third-order valence-corrected chi connectivity index (χ3v) is 11.2. The third kappa shape index (κ3) is 3.95. The van der Waals surface area contributed by atoms with Gasteiger partial charge in [-0.05, 0) is 53.2 Å². The normalized spacial score (nSPS) is 12.0. The molecule has 0 unspecified atom stereocenters. The van der Waals surface area contributed by atoms with Crippen LogP contribution in [0.4, 0.5) is 0 Å². The van der Waals surface area contributed by atoms with Crippen molar-refractivity contribution < 1.29 is 0 Å². The van der Waals surface area contributed by atoms with Crippen LogP contribution in [0, 0.1) is 0 Å². The van der Waals surface area contributed by atoms with Gasteiger partial charge in [0.05, 0.1) is 16.7 Å². The van der Waals surface area contributed by atoms with Gasteiger partial charge in [0.25, 0.3) is 0 Å². The number of rotatable bonds is 3. The van der Waals surface area contributed by atoms with Gasteiger partial charge in [0.2, 0.25) is 0 Å². The standard InChI is InChI=1S/C45H26N4S/c1-2-12-28-25-29(23-22-27(28)11-1)41-36-19-10-24-46-45(36)48-44(47-41)30-13-9-14-31(26-30)49-37-20-7-5-17-34(37)39-40-35-18-6-8-21-38(35)50-43(40)33-16-4-3-15-32(33)42(39)49/h1-26H. The first-order chi connectivity index (χ1) is 24.8. The Hall–Kier alpha value is -6.43. The van der Waals surface area contributed by atoms with E-state index < -0.39 is 0 Å². The van der Waals surface area contributed by atoms with Crippen molar-refractivity contribution in [3.63, 3.8) is 0 Å². The number of para-hydroxylation sites is 1. The summed E-state index contributed by atoms with van der Waals surface area (Å²) in [5, 5.41) is 11.0. The number of aromatic nitrogens is 4. The number of hydrogen-bond donors (Lipinski definition) is 0. The van der Waals surface area contributed by atoms with E-state index in [1.54, 1.807) is 6.20 Å². The van der Waals surface area contributed by atoms with E-state index in [9.17, 15) is 0 Å². The molecule has 0 saturated heterocycles. The van der Waals surface area contributed by atoms with E-state index in [4.69, 9.17) is 15.0 Å². The summed E-state index contributed by atoms with van der Waals surface area (Å²) in [6.45, 7) is 0. The van der Waals surface area contributed by atoms with Crippen LogP contribution >= 0.6 is 11.3 Å². The molecule has 4 nitrogen and oxygen atoms in total. The monoisotopic (exact) mass is 654 g/mol. The second-order valence-electron chi connectivity index (χ2n) is 12.8. The highest BCUT2D eigenvalue weighted by molar-refractivity contribution is 7.27. The van der Waals surface area contributed by atoms with Gasteiger partial charge in [0.15, 0.2) is 11.5 Å². The Labute approximate surface area is 290 Å². The highest BCUT2D eigenvalue weighted by atomic mass is 32.1. The highest BCUT2D eigenvalue weighted by Crippen LogP contribution is 2.48. The maximum atomic E-state index is 5.25. The predicted molar refractivity (Wildman–Crippen MR) is 210 cm³/mol. The summed E-state index contributed by atoms with van der Waals surface area (Å²) >= 11 is 1.89. The third-order valence-electron chi connectivity index (χ3n) is 10.0. The van der Waals surface area contributed by atoms with E-state index in [1.807, 2.05) is 17.4 Å². The molecular formula is C45H26N4S. The van der Waals surface area contributed by atoms with Crippen LogP contribution in [-0.2, 0) is 0 Å². The second-order valence-corrected chi connectivity index (χ2v) is 13.9. The van der Waals surface area contributed by atoms with Gasteiger partial charge in [0, 0.05) is 70.1 Å². The minimum Gasteiger partial charge on any atom is -0.309 e. The SMILES string of the molecule is c1cc(-c2nc(-c3ccc4ccccc4c3)c3cccnc3n2)cc(-n2c3ccccc3c3c4c5ccccc5sc4c4ccccc4c32)c1. The summed E-state index contributed by atoms with van der Waals surface area (Å²) in [5.41, 5.74) is 6.99. The van der Waals surface area contributed by atoms with Gasteiger partial charge in [-0.3, -0.25) is 0 Å². The minimum atomic E-state index is 0.651. The number of hydrogen-bond acceptors (Lipinski definition) is 4. The van der Waals surface area contributed by atoms with Crippen LogP contribution < -0.4 is 0 Å². The fourth-order valence-corrected chi connectivity index (χ4v) is 9.07. The van der Waals surface area contributed by atoms with Gasteiger partial charge in [-0.1, -0.05) is 109 Å². The van der Waals surface area contributed by atoms with Crippen molar-refractivity contribution >= 4 is 85.9 Å². The fraction of sp³-hybridized carbons (Fsp3) is 0. The lowest BCUT2D eigenvalue weighted by atomic mass is 10.00. The number of fused-ring (bicyclic) bond motifs is 12. The van der Waals surface area contributed by atoms with E-state index in [2.05, 4.69) is 150 Å². The van der Waals surface area contributed by atoms with Crippen molar-refractivity contribution in [1.29, 1.82) is 0 Å². The average Bonchev–Trinajstić information content (AvgIpc) is 3.74. The molecular weight excluding hydrogens is 629 g/mol. The Bertz CT molecular complexity index is 3170. The number of thiophene rings is 1. The molecule has 0 fully saturated rings. The Morgan fingerprint density at radius 2 is 1.26 bits per heavy atom. The van der Waals surface area contributed by atoms with E-state index >= 15 is 0 Å². The van der Waals surface area contributed by atoms with Crippen LogP contribution in [0.2, 0.25) is 0 Å². The Morgan fingerprint density at radius 1 is 0.500 bits per heavy atom. The molecule has 50 heavy (non-hydrogen) atoms. The maximum Gasteiger partial charge on any atom is 0.163 e. The summed E-state index contributed by atoms with van der Waals surface area (Å²) in [7, 11) is 0. The molecule has 0 spiro atoms. The molecule has 11 aromatic rings. The minimum absolute atomic E-state index is 0.651. The molecule has 0 aliphatic carbocycles. The first-order valence-corrected chi connectivity index (χ1v) is 17.6. The van der Waals surface area contributed by atoms with Crippen LogP contribution in [0.15, 0.2) is 158 Å². The number of pyridine rings is 1. The Morgan fingerprint density at radius 3 is 2.18 bits per heavy atom. The van der Waals surface area contributed by atoms with E-state index in [-0.39, 0.29) is 0 Å². The molecule has 0 saturated carbocycles. The molecule has 5 heteroatoms. The molecule has 0 amide bonds. The van der Waals surface area contributed by atoms with Crippen molar-refractivity contribution in [1.82, 2.24) is 19.5 Å². The lowest BCUT2D eigenvalue weighted by molar-refractivity contribution is 1.16. The van der Waals surface area contributed by atoms with Crippen LogP contribution in [0.25, 0.3) is 103 Å². The first kappa shape index (κ1) is 27.5. The second kappa shape index (κ2) is 10.5. The van der Waals surface area contributed by atoms with Crippen molar-refractivity contribution in [2.45, 2.75) is 0 Å². The topological polar surface area (TPSA) is 43.6 Å². The lowest BCUT2D eigenvalue weighted by Gasteiger charge is -2.13. The first-order valence-electron chi connectivity index (χ1n) is 16.8. The quantitative estimate of drug-likeness (QED) is 0.190. The van der Waals surface area contributed by atoms with Gasteiger partial charge >= 0.3 is 0 Å². The number of benzene rings is 7. The smallest absolute Gasteiger partial charge is 0.163 e. The zero-order chi connectivity index (χ0) is 32.8. The molecule has 232 valence electrons. The van der Waals surface area contributed by atoms with Crippen LogP contribution in [0.1, 0.15) is 0 Å². The predicted octanol–water partition coefficient (Wildman–Crippen LogP) is 12.1. The van der Waals surface area contributed by atoms with E-state index in [0.29, 0.717) is 11.5 Å².